The summed E-state index contributed by atoms with van der Waals surface area (Å²) in [6, 6.07) is 12.7. The standard InChI is InChI=1S/C14H9F2N3/c15-10-6-7-12(13(16)8-10)14-18-17-9-19(14)11-4-2-1-3-5-11/h1-9H. The lowest BCUT2D eigenvalue weighted by atomic mass is 10.2. The van der Waals surface area contributed by atoms with Crippen molar-refractivity contribution < 1.29 is 8.78 Å². The number of halogens is 2. The Hall–Kier alpha value is -2.56. The van der Waals surface area contributed by atoms with Crippen molar-refractivity contribution >= 4 is 0 Å². The van der Waals surface area contributed by atoms with Gasteiger partial charge in [0.25, 0.3) is 0 Å². The van der Waals surface area contributed by atoms with E-state index in [2.05, 4.69) is 10.2 Å². The monoisotopic (exact) mass is 257 g/mol. The Labute approximate surface area is 108 Å². The fraction of sp³-hybridized carbons (Fsp3) is 0. The van der Waals surface area contributed by atoms with Gasteiger partial charge in [0.05, 0.1) is 5.56 Å². The summed E-state index contributed by atoms with van der Waals surface area (Å²) in [7, 11) is 0. The van der Waals surface area contributed by atoms with Crippen LogP contribution in [0.15, 0.2) is 54.9 Å². The van der Waals surface area contributed by atoms with Gasteiger partial charge in [-0.15, -0.1) is 10.2 Å². The van der Waals surface area contributed by atoms with E-state index in [1.165, 1.54) is 18.5 Å². The van der Waals surface area contributed by atoms with Gasteiger partial charge in [-0.25, -0.2) is 8.78 Å². The van der Waals surface area contributed by atoms with Gasteiger partial charge in [0.2, 0.25) is 0 Å². The number of benzene rings is 2. The Morgan fingerprint density at radius 3 is 2.47 bits per heavy atom. The van der Waals surface area contributed by atoms with Gasteiger partial charge in [-0.3, -0.25) is 4.57 Å². The molecule has 0 N–H and O–H groups in total. The van der Waals surface area contributed by atoms with Crippen LogP contribution >= 0.6 is 0 Å². The summed E-state index contributed by atoms with van der Waals surface area (Å²) >= 11 is 0. The second-order valence-electron chi connectivity index (χ2n) is 3.98. The maximum atomic E-state index is 13.8. The van der Waals surface area contributed by atoms with Gasteiger partial charge in [-0.2, -0.15) is 0 Å². The number of nitrogens with zero attached hydrogens (tertiary/aromatic N) is 3. The van der Waals surface area contributed by atoms with E-state index in [-0.39, 0.29) is 5.56 Å². The van der Waals surface area contributed by atoms with Gasteiger partial charge < -0.3 is 0 Å². The molecule has 0 aliphatic rings. The Kier molecular flexibility index (Phi) is 2.79. The molecule has 3 nitrogen and oxygen atoms in total. The van der Waals surface area contributed by atoms with Gasteiger partial charge in [-0.05, 0) is 24.3 Å². The molecule has 0 atom stereocenters. The predicted octanol–water partition coefficient (Wildman–Crippen LogP) is 3.21. The van der Waals surface area contributed by atoms with Gasteiger partial charge in [0.15, 0.2) is 5.82 Å². The lowest BCUT2D eigenvalue weighted by molar-refractivity contribution is 0.584. The van der Waals surface area contributed by atoms with Crippen molar-refractivity contribution in [3.63, 3.8) is 0 Å². The number of para-hydroxylation sites is 1. The van der Waals surface area contributed by atoms with E-state index in [1.807, 2.05) is 30.3 Å². The van der Waals surface area contributed by atoms with Crippen molar-refractivity contribution in [2.24, 2.45) is 0 Å². The highest BCUT2D eigenvalue weighted by atomic mass is 19.1. The van der Waals surface area contributed by atoms with Crippen molar-refractivity contribution in [3.05, 3.63) is 66.5 Å². The summed E-state index contributed by atoms with van der Waals surface area (Å²) in [5.41, 5.74) is 1.02. The molecule has 0 saturated carbocycles. The van der Waals surface area contributed by atoms with Crippen LogP contribution in [0.3, 0.4) is 0 Å². The van der Waals surface area contributed by atoms with Crippen molar-refractivity contribution in [2.45, 2.75) is 0 Å². The molecule has 94 valence electrons. The topological polar surface area (TPSA) is 30.7 Å². The molecule has 5 heteroatoms. The molecular formula is C14H9F2N3. The highest BCUT2D eigenvalue weighted by Crippen LogP contribution is 2.23. The maximum absolute atomic E-state index is 13.8. The lowest BCUT2D eigenvalue weighted by Crippen LogP contribution is -1.98. The summed E-state index contributed by atoms with van der Waals surface area (Å²) < 4.78 is 28.4. The first kappa shape index (κ1) is 11.5. The third-order valence-electron chi connectivity index (χ3n) is 2.75. The average molecular weight is 257 g/mol. The minimum absolute atomic E-state index is 0.211. The average Bonchev–Trinajstić information content (AvgIpc) is 2.89. The molecule has 0 unspecified atom stereocenters. The first-order valence-corrected chi connectivity index (χ1v) is 5.66. The van der Waals surface area contributed by atoms with Gasteiger partial charge in [0.1, 0.15) is 18.0 Å². The highest BCUT2D eigenvalue weighted by Gasteiger charge is 2.13. The smallest absolute Gasteiger partial charge is 0.171 e. The summed E-state index contributed by atoms with van der Waals surface area (Å²) in [6.07, 6.45) is 1.49. The van der Waals surface area contributed by atoms with Crippen LogP contribution in [-0.2, 0) is 0 Å². The number of aromatic nitrogens is 3. The molecule has 1 heterocycles. The summed E-state index contributed by atoms with van der Waals surface area (Å²) in [6.45, 7) is 0. The third-order valence-corrected chi connectivity index (χ3v) is 2.75. The Balaban J connectivity index is 2.15. The minimum Gasteiger partial charge on any atom is -0.282 e. The SMILES string of the molecule is Fc1ccc(-c2nncn2-c2ccccc2)c(F)c1. The molecule has 0 bridgehead atoms. The van der Waals surface area contributed by atoms with Crippen LogP contribution in [0.1, 0.15) is 0 Å². The highest BCUT2D eigenvalue weighted by molar-refractivity contribution is 5.58. The summed E-state index contributed by atoms with van der Waals surface area (Å²) in [5.74, 6) is -0.944. The zero-order chi connectivity index (χ0) is 13.2. The molecule has 2 aromatic carbocycles. The largest absolute Gasteiger partial charge is 0.282 e. The van der Waals surface area contributed by atoms with E-state index in [1.54, 1.807) is 4.57 Å². The predicted molar refractivity (Wildman–Crippen MR) is 66.7 cm³/mol. The number of hydrogen-bond donors (Lipinski definition) is 0. The summed E-state index contributed by atoms with van der Waals surface area (Å²) in [5, 5.41) is 7.69. The van der Waals surface area contributed by atoms with Crippen molar-refractivity contribution in [3.8, 4) is 17.1 Å². The molecule has 0 fully saturated rings. The number of hydrogen-bond acceptors (Lipinski definition) is 2. The van der Waals surface area contributed by atoms with E-state index >= 15 is 0 Å². The van der Waals surface area contributed by atoms with Crippen molar-refractivity contribution in [1.29, 1.82) is 0 Å². The molecule has 0 aliphatic heterocycles. The molecule has 19 heavy (non-hydrogen) atoms. The van der Waals surface area contributed by atoms with Crippen LogP contribution < -0.4 is 0 Å². The first-order chi connectivity index (χ1) is 9.25. The summed E-state index contributed by atoms with van der Waals surface area (Å²) in [4.78, 5) is 0. The van der Waals surface area contributed by atoms with Crippen LogP contribution in [0, 0.1) is 11.6 Å². The molecule has 0 amide bonds. The van der Waals surface area contributed by atoms with E-state index in [9.17, 15) is 8.78 Å². The fourth-order valence-corrected chi connectivity index (χ4v) is 1.87. The molecule has 1 aromatic heterocycles. The molecule has 3 aromatic rings. The van der Waals surface area contributed by atoms with Gasteiger partial charge >= 0.3 is 0 Å². The first-order valence-electron chi connectivity index (χ1n) is 5.66. The molecule has 3 rings (SSSR count). The zero-order valence-electron chi connectivity index (χ0n) is 9.79. The van der Waals surface area contributed by atoms with E-state index in [4.69, 9.17) is 0 Å². The second kappa shape index (κ2) is 4.61. The Morgan fingerprint density at radius 1 is 0.947 bits per heavy atom. The lowest BCUT2D eigenvalue weighted by Gasteiger charge is -2.07. The zero-order valence-corrected chi connectivity index (χ0v) is 9.79. The number of rotatable bonds is 2. The maximum Gasteiger partial charge on any atom is 0.171 e. The minimum atomic E-state index is -0.662. The van der Waals surface area contributed by atoms with E-state index in [0.717, 1.165) is 11.8 Å². The second-order valence-corrected chi connectivity index (χ2v) is 3.98. The van der Waals surface area contributed by atoms with Crippen LogP contribution in [-0.4, -0.2) is 14.8 Å². The molecular weight excluding hydrogens is 248 g/mol. The molecule has 0 saturated heterocycles. The molecule has 0 spiro atoms. The Bertz CT molecular complexity index is 708. The van der Waals surface area contributed by atoms with Crippen LogP contribution in [0.25, 0.3) is 17.1 Å². The third kappa shape index (κ3) is 2.10. The fourth-order valence-electron chi connectivity index (χ4n) is 1.87. The van der Waals surface area contributed by atoms with Gasteiger partial charge in [0, 0.05) is 11.8 Å². The van der Waals surface area contributed by atoms with E-state index in [0.29, 0.717) is 5.82 Å². The normalized spacial score (nSPS) is 10.6. The van der Waals surface area contributed by atoms with E-state index < -0.39 is 11.6 Å². The molecule has 0 aliphatic carbocycles. The van der Waals surface area contributed by atoms with Crippen LogP contribution in [0.4, 0.5) is 8.78 Å². The molecule has 0 radical (unpaired) electrons. The van der Waals surface area contributed by atoms with Crippen molar-refractivity contribution in [2.75, 3.05) is 0 Å². The Morgan fingerprint density at radius 2 is 1.74 bits per heavy atom. The van der Waals surface area contributed by atoms with Crippen LogP contribution in [0.2, 0.25) is 0 Å². The quantitative estimate of drug-likeness (QED) is 0.705. The van der Waals surface area contributed by atoms with Gasteiger partial charge in [-0.1, -0.05) is 18.2 Å². The van der Waals surface area contributed by atoms with Crippen LogP contribution in [0.5, 0.6) is 0 Å². The van der Waals surface area contributed by atoms with Crippen molar-refractivity contribution in [1.82, 2.24) is 14.8 Å².